The molecule has 1 unspecified atom stereocenters. The third-order valence-electron chi connectivity index (χ3n) is 3.62. The van der Waals surface area contributed by atoms with Crippen molar-refractivity contribution in [3.63, 3.8) is 0 Å². The van der Waals surface area contributed by atoms with Gasteiger partial charge >= 0.3 is 0 Å². The topological polar surface area (TPSA) is 29.3 Å². The van der Waals surface area contributed by atoms with E-state index in [-0.39, 0.29) is 5.82 Å². The Morgan fingerprint density at radius 2 is 2.12 bits per heavy atom. The first-order chi connectivity index (χ1) is 8.15. The maximum Gasteiger partial charge on any atom is 0.123 e. The van der Waals surface area contributed by atoms with Crippen molar-refractivity contribution in [3.8, 4) is 0 Å². The molecule has 0 amide bonds. The number of nitrogens with two attached hydrogens (primary N) is 1. The first kappa shape index (κ1) is 12.5. The molecule has 0 saturated carbocycles. The Hall–Kier alpha value is -0.930. The van der Waals surface area contributed by atoms with Crippen LogP contribution in [0.15, 0.2) is 24.3 Å². The number of rotatable bonds is 3. The van der Waals surface area contributed by atoms with Crippen LogP contribution in [-0.2, 0) is 6.42 Å². The third-order valence-corrected chi connectivity index (χ3v) is 3.62. The molecule has 1 fully saturated rings. The molecule has 1 aromatic carbocycles. The zero-order valence-electron chi connectivity index (χ0n) is 10.4. The zero-order chi connectivity index (χ0) is 12.3. The summed E-state index contributed by atoms with van der Waals surface area (Å²) in [5, 5.41) is 0. The minimum atomic E-state index is -0.143. The van der Waals surface area contributed by atoms with Crippen LogP contribution in [0.25, 0.3) is 0 Å². The van der Waals surface area contributed by atoms with Gasteiger partial charge in [0, 0.05) is 12.1 Å². The number of hydrogen-bond acceptors (Lipinski definition) is 2. The van der Waals surface area contributed by atoms with E-state index in [9.17, 15) is 4.39 Å². The van der Waals surface area contributed by atoms with Crippen LogP contribution < -0.4 is 5.73 Å². The fraction of sp³-hybridized carbons (Fsp3) is 0.571. The normalized spacial score (nSPS) is 20.4. The molecule has 1 heterocycles. The lowest BCUT2D eigenvalue weighted by atomic mass is 10.0. The second-order valence-corrected chi connectivity index (χ2v) is 5.06. The van der Waals surface area contributed by atoms with Crippen molar-refractivity contribution < 1.29 is 4.39 Å². The van der Waals surface area contributed by atoms with Crippen LogP contribution >= 0.6 is 0 Å². The summed E-state index contributed by atoms with van der Waals surface area (Å²) in [4.78, 5) is 2.45. The van der Waals surface area contributed by atoms with Gasteiger partial charge in [-0.3, -0.25) is 0 Å². The second kappa shape index (κ2) is 5.61. The molecule has 0 aromatic heterocycles. The second-order valence-electron chi connectivity index (χ2n) is 5.06. The highest BCUT2D eigenvalue weighted by molar-refractivity contribution is 5.17. The largest absolute Gasteiger partial charge is 0.328 e. The molecule has 1 aromatic rings. The van der Waals surface area contributed by atoms with Gasteiger partial charge in [-0.25, -0.2) is 4.39 Å². The average Bonchev–Trinajstić information content (AvgIpc) is 2.29. The number of halogens is 1. The first-order valence-electron chi connectivity index (χ1n) is 6.39. The number of nitrogens with zero attached hydrogens (tertiary/aromatic N) is 1. The molecule has 0 spiro atoms. The van der Waals surface area contributed by atoms with E-state index in [4.69, 9.17) is 5.73 Å². The van der Waals surface area contributed by atoms with E-state index in [1.165, 1.54) is 6.07 Å². The Kier molecular flexibility index (Phi) is 4.13. The molecule has 2 rings (SSSR count). The molecule has 1 saturated heterocycles. The van der Waals surface area contributed by atoms with Crippen LogP contribution in [0.1, 0.15) is 25.3 Å². The molecule has 94 valence electrons. The smallest absolute Gasteiger partial charge is 0.123 e. The van der Waals surface area contributed by atoms with Gasteiger partial charge in [0.1, 0.15) is 5.82 Å². The lowest BCUT2D eigenvalue weighted by molar-refractivity contribution is 0.162. The first-order valence-corrected chi connectivity index (χ1v) is 6.39. The van der Waals surface area contributed by atoms with Crippen LogP contribution in [0.2, 0.25) is 0 Å². The molecule has 2 nitrogen and oxygen atoms in total. The predicted octanol–water partition coefficient (Wildman–Crippen LogP) is 2.18. The lowest BCUT2D eigenvalue weighted by Gasteiger charge is -2.34. The standard InChI is InChI=1S/C14H21FN2/c1-11(17-7-5-14(16)6-8-17)9-12-3-2-4-13(15)10-12/h2-4,10-11,14H,5-9,16H2,1H3. The van der Waals surface area contributed by atoms with Crippen LogP contribution in [0, 0.1) is 5.82 Å². The van der Waals surface area contributed by atoms with Crippen molar-refractivity contribution in [2.24, 2.45) is 5.73 Å². The Labute approximate surface area is 103 Å². The fourth-order valence-corrected chi connectivity index (χ4v) is 2.49. The molecule has 0 radical (unpaired) electrons. The average molecular weight is 236 g/mol. The quantitative estimate of drug-likeness (QED) is 0.871. The molecular weight excluding hydrogens is 215 g/mol. The van der Waals surface area contributed by atoms with Gasteiger partial charge in [0.05, 0.1) is 0 Å². The third kappa shape index (κ3) is 3.51. The van der Waals surface area contributed by atoms with Gasteiger partial charge in [0.15, 0.2) is 0 Å². The highest BCUT2D eigenvalue weighted by Crippen LogP contribution is 2.15. The summed E-state index contributed by atoms with van der Waals surface area (Å²) in [6, 6.07) is 7.73. The van der Waals surface area contributed by atoms with Gasteiger partial charge in [-0.05, 0) is 57.0 Å². The van der Waals surface area contributed by atoms with E-state index in [1.54, 1.807) is 12.1 Å². The molecule has 17 heavy (non-hydrogen) atoms. The van der Waals surface area contributed by atoms with Crippen LogP contribution in [0.5, 0.6) is 0 Å². The van der Waals surface area contributed by atoms with Gasteiger partial charge in [-0.1, -0.05) is 12.1 Å². The number of piperidine rings is 1. The molecule has 0 aliphatic carbocycles. The summed E-state index contributed by atoms with van der Waals surface area (Å²) in [6.45, 7) is 4.34. The number of likely N-dealkylation sites (tertiary alicyclic amines) is 1. The van der Waals surface area contributed by atoms with E-state index in [1.807, 2.05) is 6.07 Å². The van der Waals surface area contributed by atoms with Crippen molar-refractivity contribution in [3.05, 3.63) is 35.6 Å². The summed E-state index contributed by atoms with van der Waals surface area (Å²) in [5.74, 6) is -0.143. The highest BCUT2D eigenvalue weighted by atomic mass is 19.1. The summed E-state index contributed by atoms with van der Waals surface area (Å²) in [5.41, 5.74) is 6.97. The Balaban J connectivity index is 1.90. The maximum absolute atomic E-state index is 13.1. The van der Waals surface area contributed by atoms with Crippen molar-refractivity contribution in [2.75, 3.05) is 13.1 Å². The predicted molar refractivity (Wildman–Crippen MR) is 68.3 cm³/mol. The van der Waals surface area contributed by atoms with Crippen LogP contribution in [0.3, 0.4) is 0 Å². The maximum atomic E-state index is 13.1. The van der Waals surface area contributed by atoms with Crippen molar-refractivity contribution in [2.45, 2.75) is 38.3 Å². The van der Waals surface area contributed by atoms with Crippen LogP contribution in [0.4, 0.5) is 4.39 Å². The zero-order valence-corrected chi connectivity index (χ0v) is 10.4. The van der Waals surface area contributed by atoms with Crippen LogP contribution in [-0.4, -0.2) is 30.1 Å². The van der Waals surface area contributed by atoms with E-state index < -0.39 is 0 Å². The van der Waals surface area contributed by atoms with Gasteiger partial charge in [0.25, 0.3) is 0 Å². The van der Waals surface area contributed by atoms with Gasteiger partial charge in [-0.2, -0.15) is 0 Å². The summed E-state index contributed by atoms with van der Waals surface area (Å²) in [7, 11) is 0. The number of benzene rings is 1. The molecular formula is C14H21FN2. The fourth-order valence-electron chi connectivity index (χ4n) is 2.49. The molecule has 1 atom stereocenters. The van der Waals surface area contributed by atoms with Crippen molar-refractivity contribution in [1.29, 1.82) is 0 Å². The van der Waals surface area contributed by atoms with Gasteiger partial charge < -0.3 is 10.6 Å². The Morgan fingerprint density at radius 1 is 1.41 bits per heavy atom. The minimum absolute atomic E-state index is 0.143. The molecule has 1 aliphatic heterocycles. The van der Waals surface area contributed by atoms with E-state index in [0.717, 1.165) is 37.9 Å². The Morgan fingerprint density at radius 3 is 2.76 bits per heavy atom. The Bertz CT molecular complexity index is 359. The monoisotopic (exact) mass is 236 g/mol. The molecule has 1 aliphatic rings. The van der Waals surface area contributed by atoms with E-state index in [2.05, 4.69) is 11.8 Å². The van der Waals surface area contributed by atoms with Crippen molar-refractivity contribution >= 4 is 0 Å². The minimum Gasteiger partial charge on any atom is -0.328 e. The van der Waals surface area contributed by atoms with Crippen molar-refractivity contribution in [1.82, 2.24) is 4.90 Å². The van der Waals surface area contributed by atoms with Gasteiger partial charge in [0.2, 0.25) is 0 Å². The SMILES string of the molecule is CC(Cc1cccc(F)c1)N1CCC(N)CC1. The van der Waals surface area contributed by atoms with Gasteiger partial charge in [-0.15, -0.1) is 0 Å². The van der Waals surface area contributed by atoms with E-state index in [0.29, 0.717) is 12.1 Å². The highest BCUT2D eigenvalue weighted by Gasteiger charge is 2.20. The number of hydrogen-bond donors (Lipinski definition) is 1. The molecule has 2 N–H and O–H groups in total. The summed E-state index contributed by atoms with van der Waals surface area (Å²) < 4.78 is 13.1. The molecule has 3 heteroatoms. The summed E-state index contributed by atoms with van der Waals surface area (Å²) in [6.07, 6.45) is 3.06. The molecule has 0 bridgehead atoms. The lowest BCUT2D eigenvalue weighted by Crippen LogP contribution is -2.44. The van der Waals surface area contributed by atoms with E-state index >= 15 is 0 Å². The summed E-state index contributed by atoms with van der Waals surface area (Å²) >= 11 is 0.